The lowest BCUT2D eigenvalue weighted by Crippen LogP contribution is -1.84. The van der Waals surface area contributed by atoms with Crippen LogP contribution in [0.3, 0.4) is 0 Å². The molecule has 3 nitrogen and oxygen atoms in total. The number of fused-ring (bicyclic) bond motifs is 1. The van der Waals surface area contributed by atoms with Crippen LogP contribution in [-0.4, -0.2) is 10.1 Å². The zero-order valence-corrected chi connectivity index (χ0v) is 10.8. The van der Waals surface area contributed by atoms with Crippen LogP contribution in [-0.2, 0) is 0 Å². The van der Waals surface area contributed by atoms with E-state index in [4.69, 9.17) is 17.3 Å². The summed E-state index contributed by atoms with van der Waals surface area (Å²) < 4.78 is 1.03. The number of anilines is 1. The molecule has 3 aromatic rings. The first-order valence-corrected chi connectivity index (χ1v) is 6.48. The fourth-order valence-electron chi connectivity index (χ4n) is 1.75. The summed E-state index contributed by atoms with van der Waals surface area (Å²) in [7, 11) is 0. The fourth-order valence-corrected chi connectivity index (χ4v) is 2.89. The number of phenols is 1. The maximum Gasteiger partial charge on any atom is 0.128 e. The second-order valence-electron chi connectivity index (χ2n) is 3.91. The summed E-state index contributed by atoms with van der Waals surface area (Å²) in [5, 5.41) is 11.3. The van der Waals surface area contributed by atoms with Crippen molar-refractivity contribution in [2.24, 2.45) is 0 Å². The molecule has 3 N–H and O–H groups in total. The number of phenolic OH excluding ortho intramolecular Hbond substituents is 1. The third kappa shape index (κ3) is 1.89. The highest BCUT2D eigenvalue weighted by Crippen LogP contribution is 2.36. The van der Waals surface area contributed by atoms with Crippen molar-refractivity contribution in [1.29, 1.82) is 0 Å². The molecule has 2 aromatic carbocycles. The summed E-state index contributed by atoms with van der Waals surface area (Å²) in [5.74, 6) is 0.139. The van der Waals surface area contributed by atoms with Crippen LogP contribution in [0.4, 0.5) is 5.69 Å². The molecule has 0 unspecified atom stereocenters. The van der Waals surface area contributed by atoms with E-state index < -0.39 is 0 Å². The summed E-state index contributed by atoms with van der Waals surface area (Å²) in [6.45, 7) is 0. The molecule has 1 aromatic heterocycles. The molecule has 90 valence electrons. The van der Waals surface area contributed by atoms with E-state index in [1.807, 2.05) is 18.2 Å². The molecule has 18 heavy (non-hydrogen) atoms. The number of hydrogen-bond donors (Lipinski definition) is 2. The first kappa shape index (κ1) is 11.3. The minimum atomic E-state index is 0.139. The first-order chi connectivity index (χ1) is 8.63. The molecule has 0 aliphatic carbocycles. The summed E-state index contributed by atoms with van der Waals surface area (Å²) in [4.78, 5) is 4.47. The normalized spacial score (nSPS) is 10.9. The van der Waals surface area contributed by atoms with Crippen molar-refractivity contribution in [2.45, 2.75) is 0 Å². The van der Waals surface area contributed by atoms with Gasteiger partial charge in [0.2, 0.25) is 0 Å². The Labute approximate surface area is 112 Å². The number of hydrogen-bond acceptors (Lipinski definition) is 4. The van der Waals surface area contributed by atoms with E-state index in [1.54, 1.807) is 12.1 Å². The highest BCUT2D eigenvalue weighted by atomic mass is 35.5. The topological polar surface area (TPSA) is 59.1 Å². The number of nitrogens with two attached hydrogens (primary N) is 1. The Morgan fingerprint density at radius 1 is 1.17 bits per heavy atom. The molecule has 0 saturated carbocycles. The molecule has 5 heteroatoms. The van der Waals surface area contributed by atoms with E-state index in [0.717, 1.165) is 15.2 Å². The summed E-state index contributed by atoms with van der Waals surface area (Å²) >= 11 is 7.43. The van der Waals surface area contributed by atoms with Gasteiger partial charge in [0.25, 0.3) is 0 Å². The minimum Gasteiger partial charge on any atom is -0.507 e. The summed E-state index contributed by atoms with van der Waals surface area (Å²) in [6.07, 6.45) is 0. The number of benzene rings is 2. The number of nitrogens with zero attached hydrogens (tertiary/aromatic N) is 1. The Bertz CT molecular complexity index is 739. The highest BCUT2D eigenvalue weighted by molar-refractivity contribution is 7.21. The average molecular weight is 277 g/mol. The Morgan fingerprint density at radius 3 is 2.78 bits per heavy atom. The van der Waals surface area contributed by atoms with Gasteiger partial charge in [0, 0.05) is 16.8 Å². The van der Waals surface area contributed by atoms with E-state index in [-0.39, 0.29) is 5.75 Å². The van der Waals surface area contributed by atoms with E-state index in [2.05, 4.69) is 4.98 Å². The quantitative estimate of drug-likeness (QED) is 0.663. The molecule has 0 fully saturated rings. The molecule has 1 heterocycles. The van der Waals surface area contributed by atoms with Gasteiger partial charge in [0.05, 0.1) is 15.8 Å². The molecule has 3 rings (SSSR count). The van der Waals surface area contributed by atoms with E-state index in [0.29, 0.717) is 16.3 Å². The van der Waals surface area contributed by atoms with Crippen molar-refractivity contribution in [3.05, 3.63) is 41.4 Å². The molecular formula is C13H9ClN2OS. The average Bonchev–Trinajstić information content (AvgIpc) is 2.71. The molecule has 0 aliphatic heterocycles. The second-order valence-corrected chi connectivity index (χ2v) is 5.37. The predicted molar refractivity (Wildman–Crippen MR) is 76.1 cm³/mol. The third-order valence-corrected chi connectivity index (χ3v) is 3.91. The van der Waals surface area contributed by atoms with E-state index >= 15 is 0 Å². The lowest BCUT2D eigenvalue weighted by molar-refractivity contribution is 0.477. The lowest BCUT2D eigenvalue weighted by Gasteiger charge is -2.01. The number of nitrogen functional groups attached to an aromatic ring is 1. The van der Waals surface area contributed by atoms with Crippen molar-refractivity contribution < 1.29 is 5.11 Å². The van der Waals surface area contributed by atoms with Gasteiger partial charge in [-0.05, 0) is 30.3 Å². The maximum atomic E-state index is 9.89. The van der Waals surface area contributed by atoms with Crippen LogP contribution >= 0.6 is 22.9 Å². The zero-order chi connectivity index (χ0) is 12.7. The van der Waals surface area contributed by atoms with Crippen LogP contribution < -0.4 is 5.73 Å². The van der Waals surface area contributed by atoms with Crippen molar-refractivity contribution >= 4 is 38.8 Å². The Hall–Kier alpha value is -1.78. The van der Waals surface area contributed by atoms with Gasteiger partial charge in [-0.3, -0.25) is 0 Å². The van der Waals surface area contributed by atoms with Gasteiger partial charge in [0.15, 0.2) is 0 Å². The molecule has 0 saturated heterocycles. The molecule has 0 radical (unpaired) electrons. The molecule has 0 amide bonds. The Balaban J connectivity index is 2.19. The molecule has 0 atom stereocenters. The van der Waals surface area contributed by atoms with Gasteiger partial charge < -0.3 is 10.8 Å². The summed E-state index contributed by atoms with van der Waals surface area (Å²) in [6, 6.07) is 10.6. The molecule has 0 spiro atoms. The van der Waals surface area contributed by atoms with Crippen LogP contribution in [0.1, 0.15) is 0 Å². The lowest BCUT2D eigenvalue weighted by atomic mass is 10.2. The largest absolute Gasteiger partial charge is 0.507 e. The summed E-state index contributed by atoms with van der Waals surface area (Å²) in [5.41, 5.74) is 7.65. The SMILES string of the molecule is Nc1ccc(-c2nc3cc(Cl)ccc3s2)c(O)c1. The number of rotatable bonds is 1. The van der Waals surface area contributed by atoms with Gasteiger partial charge in [-0.1, -0.05) is 11.6 Å². The van der Waals surface area contributed by atoms with Crippen molar-refractivity contribution in [3.63, 3.8) is 0 Å². The number of thiazole rings is 1. The van der Waals surface area contributed by atoms with Gasteiger partial charge in [-0.2, -0.15) is 0 Å². The number of aromatic hydroxyl groups is 1. The smallest absolute Gasteiger partial charge is 0.128 e. The molecular weight excluding hydrogens is 268 g/mol. The fraction of sp³-hybridized carbons (Fsp3) is 0. The predicted octanol–water partition coefficient (Wildman–Crippen LogP) is 3.90. The van der Waals surface area contributed by atoms with Crippen molar-refractivity contribution in [2.75, 3.05) is 5.73 Å². The zero-order valence-electron chi connectivity index (χ0n) is 9.22. The van der Waals surface area contributed by atoms with Crippen LogP contribution in [0.2, 0.25) is 5.02 Å². The Kier molecular flexibility index (Phi) is 2.61. The van der Waals surface area contributed by atoms with Crippen molar-refractivity contribution in [1.82, 2.24) is 4.98 Å². The standard InChI is InChI=1S/C13H9ClN2OS/c14-7-1-4-12-10(5-7)16-13(18-12)9-3-2-8(15)6-11(9)17/h1-6,17H,15H2. The van der Waals surface area contributed by atoms with E-state index in [9.17, 15) is 5.11 Å². The van der Waals surface area contributed by atoms with Crippen molar-refractivity contribution in [3.8, 4) is 16.3 Å². The first-order valence-electron chi connectivity index (χ1n) is 5.28. The molecule has 0 aliphatic rings. The second kappa shape index (κ2) is 4.15. The minimum absolute atomic E-state index is 0.139. The highest BCUT2D eigenvalue weighted by Gasteiger charge is 2.10. The van der Waals surface area contributed by atoms with Crippen LogP contribution in [0.15, 0.2) is 36.4 Å². The maximum absolute atomic E-state index is 9.89. The number of halogens is 1. The van der Waals surface area contributed by atoms with Crippen LogP contribution in [0, 0.1) is 0 Å². The monoisotopic (exact) mass is 276 g/mol. The molecule has 0 bridgehead atoms. The number of aromatic nitrogens is 1. The van der Waals surface area contributed by atoms with Crippen LogP contribution in [0.25, 0.3) is 20.8 Å². The third-order valence-electron chi connectivity index (χ3n) is 2.60. The van der Waals surface area contributed by atoms with Gasteiger partial charge >= 0.3 is 0 Å². The van der Waals surface area contributed by atoms with Gasteiger partial charge in [0.1, 0.15) is 10.8 Å². The van der Waals surface area contributed by atoms with Crippen LogP contribution in [0.5, 0.6) is 5.75 Å². The van der Waals surface area contributed by atoms with Gasteiger partial charge in [-0.15, -0.1) is 11.3 Å². The van der Waals surface area contributed by atoms with Gasteiger partial charge in [-0.25, -0.2) is 4.98 Å². The van der Waals surface area contributed by atoms with E-state index in [1.165, 1.54) is 17.4 Å². The Morgan fingerprint density at radius 2 is 2.00 bits per heavy atom.